The summed E-state index contributed by atoms with van der Waals surface area (Å²) in [6.45, 7) is 3.87. The van der Waals surface area contributed by atoms with Crippen LogP contribution in [0.5, 0.6) is 0 Å². The van der Waals surface area contributed by atoms with E-state index in [1.54, 1.807) is 26.0 Å². The van der Waals surface area contributed by atoms with Crippen LogP contribution in [0.3, 0.4) is 0 Å². The van der Waals surface area contributed by atoms with Crippen LogP contribution < -0.4 is 5.32 Å². The lowest BCUT2D eigenvalue weighted by molar-refractivity contribution is -0.152. The zero-order valence-corrected chi connectivity index (χ0v) is 10.2. The zero-order chi connectivity index (χ0) is 12.8. The number of furan rings is 1. The third kappa shape index (κ3) is 3.62. The van der Waals surface area contributed by atoms with Crippen LogP contribution in [-0.2, 0) is 20.9 Å². The first kappa shape index (κ1) is 13.3. The van der Waals surface area contributed by atoms with Gasteiger partial charge in [-0.1, -0.05) is 13.8 Å². The van der Waals surface area contributed by atoms with Gasteiger partial charge in [0.2, 0.25) is 5.91 Å². The fourth-order valence-electron chi connectivity index (χ4n) is 1.51. The monoisotopic (exact) mass is 239 g/mol. The minimum absolute atomic E-state index is 0.112. The second-order valence-corrected chi connectivity index (χ2v) is 4.04. The molecule has 0 bridgehead atoms. The molecule has 1 N–H and O–H groups in total. The second-order valence-electron chi connectivity index (χ2n) is 4.04. The largest absolute Gasteiger partial charge is 0.468 e. The number of hydrogen-bond donors (Lipinski definition) is 1. The molecule has 1 unspecified atom stereocenters. The van der Waals surface area contributed by atoms with E-state index in [2.05, 4.69) is 10.1 Å². The van der Waals surface area contributed by atoms with Crippen molar-refractivity contribution in [3.8, 4) is 0 Å². The standard InChI is InChI=1S/C12H17NO4/c1-8(2)10(12(15)16-3)11(14)13-7-9-5-4-6-17-9/h4-6,8,10H,7H2,1-3H3,(H,13,14). The van der Waals surface area contributed by atoms with Gasteiger partial charge >= 0.3 is 5.97 Å². The molecular formula is C12H17NO4. The van der Waals surface area contributed by atoms with Crippen LogP contribution in [-0.4, -0.2) is 19.0 Å². The van der Waals surface area contributed by atoms with Crippen LogP contribution in [0.15, 0.2) is 22.8 Å². The summed E-state index contributed by atoms with van der Waals surface area (Å²) < 4.78 is 9.69. The summed E-state index contributed by atoms with van der Waals surface area (Å²) in [5, 5.41) is 2.65. The first-order valence-electron chi connectivity index (χ1n) is 5.44. The Kier molecular flexibility index (Phi) is 4.75. The fourth-order valence-corrected chi connectivity index (χ4v) is 1.51. The molecule has 1 amide bonds. The van der Waals surface area contributed by atoms with Crippen molar-refractivity contribution in [1.82, 2.24) is 5.32 Å². The maximum Gasteiger partial charge on any atom is 0.318 e. The van der Waals surface area contributed by atoms with E-state index < -0.39 is 11.9 Å². The van der Waals surface area contributed by atoms with Gasteiger partial charge in [0.05, 0.1) is 19.9 Å². The summed E-state index contributed by atoms with van der Waals surface area (Å²) in [5.74, 6) is -1.11. The highest BCUT2D eigenvalue weighted by Crippen LogP contribution is 2.13. The maximum absolute atomic E-state index is 11.8. The van der Waals surface area contributed by atoms with Crippen LogP contribution in [0.2, 0.25) is 0 Å². The number of ether oxygens (including phenoxy) is 1. The Bertz CT molecular complexity index is 370. The normalized spacial score (nSPS) is 12.2. The van der Waals surface area contributed by atoms with Gasteiger partial charge in [-0.3, -0.25) is 9.59 Å². The van der Waals surface area contributed by atoms with Crippen molar-refractivity contribution < 1.29 is 18.7 Å². The van der Waals surface area contributed by atoms with Gasteiger partial charge in [-0.25, -0.2) is 0 Å². The highest BCUT2D eigenvalue weighted by atomic mass is 16.5. The minimum atomic E-state index is -0.782. The summed E-state index contributed by atoms with van der Waals surface area (Å²) in [5.41, 5.74) is 0. The number of amides is 1. The predicted octanol–water partition coefficient (Wildman–Crippen LogP) is 1.34. The van der Waals surface area contributed by atoms with Crippen LogP contribution in [0.25, 0.3) is 0 Å². The lowest BCUT2D eigenvalue weighted by Crippen LogP contribution is -2.38. The molecule has 5 nitrogen and oxygen atoms in total. The lowest BCUT2D eigenvalue weighted by atomic mass is 9.95. The lowest BCUT2D eigenvalue weighted by Gasteiger charge is -2.17. The smallest absolute Gasteiger partial charge is 0.318 e. The number of esters is 1. The molecule has 1 atom stereocenters. The number of nitrogens with one attached hydrogen (secondary N) is 1. The summed E-state index contributed by atoms with van der Waals surface area (Å²) in [6.07, 6.45) is 1.53. The molecular weight excluding hydrogens is 222 g/mol. The molecule has 0 aliphatic rings. The number of hydrogen-bond acceptors (Lipinski definition) is 4. The Labute approximate surface area is 100 Å². The molecule has 0 saturated carbocycles. The Hall–Kier alpha value is -1.78. The summed E-state index contributed by atoms with van der Waals surface area (Å²) in [6, 6.07) is 3.49. The molecule has 1 aromatic rings. The summed E-state index contributed by atoms with van der Waals surface area (Å²) in [7, 11) is 1.28. The van der Waals surface area contributed by atoms with Crippen molar-refractivity contribution >= 4 is 11.9 Å². The first-order chi connectivity index (χ1) is 8.06. The van der Waals surface area contributed by atoms with Gasteiger partial charge in [-0.2, -0.15) is 0 Å². The van der Waals surface area contributed by atoms with Crippen LogP contribution in [0.4, 0.5) is 0 Å². The van der Waals surface area contributed by atoms with Crippen LogP contribution >= 0.6 is 0 Å². The van der Waals surface area contributed by atoms with Gasteiger partial charge in [-0.15, -0.1) is 0 Å². The van der Waals surface area contributed by atoms with Crippen LogP contribution in [0, 0.1) is 11.8 Å². The average molecular weight is 239 g/mol. The van der Waals surface area contributed by atoms with Gasteiger partial charge < -0.3 is 14.5 Å². The van der Waals surface area contributed by atoms with Crippen molar-refractivity contribution in [3.63, 3.8) is 0 Å². The van der Waals surface area contributed by atoms with E-state index in [0.717, 1.165) is 0 Å². The van der Waals surface area contributed by atoms with E-state index in [1.165, 1.54) is 13.4 Å². The molecule has 0 aromatic carbocycles. The van der Waals surface area contributed by atoms with Crippen molar-refractivity contribution in [2.24, 2.45) is 11.8 Å². The first-order valence-corrected chi connectivity index (χ1v) is 5.44. The van der Waals surface area contributed by atoms with Crippen molar-refractivity contribution in [1.29, 1.82) is 0 Å². The van der Waals surface area contributed by atoms with Crippen molar-refractivity contribution in [2.45, 2.75) is 20.4 Å². The average Bonchev–Trinajstić information content (AvgIpc) is 2.78. The molecule has 1 rings (SSSR count). The molecule has 0 aliphatic heterocycles. The minimum Gasteiger partial charge on any atom is -0.468 e. The third-order valence-electron chi connectivity index (χ3n) is 2.42. The van der Waals surface area contributed by atoms with Gasteiger partial charge in [0.25, 0.3) is 0 Å². The van der Waals surface area contributed by atoms with E-state index >= 15 is 0 Å². The number of methoxy groups -OCH3 is 1. The number of carbonyl (C=O) groups excluding carboxylic acids is 2. The number of carbonyl (C=O) groups is 2. The third-order valence-corrected chi connectivity index (χ3v) is 2.42. The molecule has 1 aromatic heterocycles. The quantitative estimate of drug-likeness (QED) is 0.622. The molecule has 0 spiro atoms. The second kappa shape index (κ2) is 6.08. The predicted molar refractivity (Wildman–Crippen MR) is 60.9 cm³/mol. The Morgan fingerprint density at radius 2 is 2.18 bits per heavy atom. The van der Waals surface area contributed by atoms with E-state index in [4.69, 9.17) is 4.42 Å². The van der Waals surface area contributed by atoms with Crippen molar-refractivity contribution in [3.05, 3.63) is 24.2 Å². The molecule has 0 aliphatic carbocycles. The van der Waals surface area contributed by atoms with E-state index in [9.17, 15) is 9.59 Å². The molecule has 0 radical (unpaired) electrons. The van der Waals surface area contributed by atoms with Gasteiger partial charge in [0, 0.05) is 0 Å². The van der Waals surface area contributed by atoms with Gasteiger partial charge in [-0.05, 0) is 18.1 Å². The fraction of sp³-hybridized carbons (Fsp3) is 0.500. The Balaban J connectivity index is 2.57. The van der Waals surface area contributed by atoms with Gasteiger partial charge in [0.1, 0.15) is 11.7 Å². The maximum atomic E-state index is 11.8. The highest BCUT2D eigenvalue weighted by molar-refractivity contribution is 5.97. The molecule has 5 heteroatoms. The van der Waals surface area contributed by atoms with E-state index in [1.807, 2.05) is 0 Å². The summed E-state index contributed by atoms with van der Waals surface area (Å²) >= 11 is 0. The molecule has 17 heavy (non-hydrogen) atoms. The zero-order valence-electron chi connectivity index (χ0n) is 10.2. The molecule has 0 saturated heterocycles. The molecule has 1 heterocycles. The Morgan fingerprint density at radius 1 is 1.47 bits per heavy atom. The molecule has 94 valence electrons. The van der Waals surface area contributed by atoms with Crippen molar-refractivity contribution in [2.75, 3.05) is 7.11 Å². The topological polar surface area (TPSA) is 68.5 Å². The molecule has 0 fully saturated rings. The van der Waals surface area contributed by atoms with E-state index in [0.29, 0.717) is 5.76 Å². The van der Waals surface area contributed by atoms with Crippen LogP contribution in [0.1, 0.15) is 19.6 Å². The van der Waals surface area contributed by atoms with Gasteiger partial charge in [0.15, 0.2) is 0 Å². The summed E-state index contributed by atoms with van der Waals surface area (Å²) in [4.78, 5) is 23.3. The Morgan fingerprint density at radius 3 is 2.65 bits per heavy atom. The highest BCUT2D eigenvalue weighted by Gasteiger charge is 2.30. The number of rotatable bonds is 5. The van der Waals surface area contributed by atoms with E-state index in [-0.39, 0.29) is 18.4 Å². The SMILES string of the molecule is COC(=O)C(C(=O)NCc1ccco1)C(C)C.